The van der Waals surface area contributed by atoms with E-state index in [9.17, 15) is 4.79 Å². The predicted octanol–water partition coefficient (Wildman–Crippen LogP) is -1.20. The number of hydrogen-bond acceptors (Lipinski definition) is 4. The van der Waals surface area contributed by atoms with Crippen LogP contribution in [-0.2, 0) is 9.53 Å². The largest absolute Gasteiger partial charge is 0.378 e. The first-order valence-electron chi connectivity index (χ1n) is 5.60. The number of hydrogen-bond donors (Lipinski definition) is 2. The van der Waals surface area contributed by atoms with Gasteiger partial charge in [-0.1, -0.05) is 0 Å². The molecule has 0 bridgehead atoms. The molecule has 5 nitrogen and oxygen atoms in total. The Morgan fingerprint density at radius 1 is 1.40 bits per heavy atom. The fourth-order valence-electron chi connectivity index (χ4n) is 2.08. The molecule has 1 amide bonds. The van der Waals surface area contributed by atoms with E-state index in [1.807, 2.05) is 4.90 Å². The van der Waals surface area contributed by atoms with Crippen molar-refractivity contribution in [2.75, 3.05) is 39.4 Å². The van der Waals surface area contributed by atoms with Crippen molar-refractivity contribution in [3.8, 4) is 0 Å². The highest BCUT2D eigenvalue weighted by molar-refractivity contribution is 5.82. The van der Waals surface area contributed by atoms with E-state index in [-0.39, 0.29) is 11.9 Å². The highest BCUT2D eigenvalue weighted by Crippen LogP contribution is 2.04. The molecule has 86 valence electrons. The maximum Gasteiger partial charge on any atom is 0.242 e. The van der Waals surface area contributed by atoms with Gasteiger partial charge in [0.25, 0.3) is 0 Å². The van der Waals surface area contributed by atoms with Gasteiger partial charge in [0.15, 0.2) is 0 Å². The molecule has 0 aromatic heterocycles. The lowest BCUT2D eigenvalue weighted by Crippen LogP contribution is -2.58. The van der Waals surface area contributed by atoms with Crippen LogP contribution in [0.5, 0.6) is 0 Å². The van der Waals surface area contributed by atoms with Gasteiger partial charge >= 0.3 is 0 Å². The number of carbonyl (C=O) groups is 1. The molecule has 2 saturated heterocycles. The summed E-state index contributed by atoms with van der Waals surface area (Å²) in [6.07, 6.45) is 0. The highest BCUT2D eigenvalue weighted by atomic mass is 16.5. The first-order valence-corrected chi connectivity index (χ1v) is 5.60. The van der Waals surface area contributed by atoms with Gasteiger partial charge in [0.1, 0.15) is 6.04 Å². The minimum atomic E-state index is -0.135. The van der Waals surface area contributed by atoms with Gasteiger partial charge in [0, 0.05) is 32.2 Å². The molecule has 5 heteroatoms. The maximum absolute atomic E-state index is 12.1. The Kier molecular flexibility index (Phi) is 3.56. The monoisotopic (exact) mass is 213 g/mol. The maximum atomic E-state index is 12.1. The van der Waals surface area contributed by atoms with E-state index in [1.54, 1.807) is 0 Å². The van der Waals surface area contributed by atoms with Crippen LogP contribution in [0, 0.1) is 0 Å². The molecule has 2 aliphatic rings. The summed E-state index contributed by atoms with van der Waals surface area (Å²) >= 11 is 0. The minimum absolute atomic E-state index is 0.135. The average Bonchev–Trinajstić information content (AvgIpc) is 2.29. The molecule has 2 aliphatic heterocycles. The van der Waals surface area contributed by atoms with E-state index in [2.05, 4.69) is 17.6 Å². The molecule has 0 aromatic rings. The van der Waals surface area contributed by atoms with Crippen LogP contribution in [0.15, 0.2) is 0 Å². The van der Waals surface area contributed by atoms with Crippen molar-refractivity contribution in [3.05, 3.63) is 0 Å². The summed E-state index contributed by atoms with van der Waals surface area (Å²) in [5.41, 5.74) is 0. The fourth-order valence-corrected chi connectivity index (χ4v) is 2.08. The van der Waals surface area contributed by atoms with E-state index in [4.69, 9.17) is 4.74 Å². The predicted molar refractivity (Wildman–Crippen MR) is 56.7 cm³/mol. The topological polar surface area (TPSA) is 53.6 Å². The van der Waals surface area contributed by atoms with Crippen molar-refractivity contribution in [3.63, 3.8) is 0 Å². The van der Waals surface area contributed by atoms with Crippen molar-refractivity contribution in [1.82, 2.24) is 15.5 Å². The number of piperazine rings is 1. The van der Waals surface area contributed by atoms with E-state index < -0.39 is 0 Å². The second kappa shape index (κ2) is 4.92. The average molecular weight is 213 g/mol. The molecule has 0 saturated carbocycles. The molecule has 2 heterocycles. The third-order valence-corrected chi connectivity index (χ3v) is 2.90. The summed E-state index contributed by atoms with van der Waals surface area (Å²) in [7, 11) is 0. The van der Waals surface area contributed by atoms with Crippen LogP contribution in [0.25, 0.3) is 0 Å². The van der Waals surface area contributed by atoms with E-state index in [0.29, 0.717) is 19.3 Å². The molecule has 0 spiro atoms. The van der Waals surface area contributed by atoms with Crippen molar-refractivity contribution in [2.24, 2.45) is 0 Å². The molecule has 2 atom stereocenters. The number of rotatable bonds is 1. The summed E-state index contributed by atoms with van der Waals surface area (Å²) < 4.78 is 5.30. The standard InChI is InChI=1S/C10H19N3O2/c1-8-6-13(4-2-11-8)10(14)9-7-15-5-3-12-9/h8-9,11-12H,2-7H2,1H3/t8-,9?/m0/s1. The van der Waals surface area contributed by atoms with Crippen molar-refractivity contribution in [1.29, 1.82) is 0 Å². The van der Waals surface area contributed by atoms with Crippen LogP contribution in [0.1, 0.15) is 6.92 Å². The number of nitrogens with zero attached hydrogens (tertiary/aromatic N) is 1. The number of ether oxygens (including phenoxy) is 1. The summed E-state index contributed by atoms with van der Waals surface area (Å²) in [5, 5.41) is 6.52. The SMILES string of the molecule is C[C@H]1CN(C(=O)C2COCCN2)CCN1. The molecule has 1 unspecified atom stereocenters. The normalized spacial score (nSPS) is 32.7. The van der Waals surface area contributed by atoms with E-state index in [0.717, 1.165) is 26.2 Å². The fraction of sp³-hybridized carbons (Fsp3) is 0.900. The van der Waals surface area contributed by atoms with Gasteiger partial charge in [0.05, 0.1) is 13.2 Å². The van der Waals surface area contributed by atoms with Crippen LogP contribution in [0.2, 0.25) is 0 Å². The third-order valence-electron chi connectivity index (χ3n) is 2.90. The number of carbonyl (C=O) groups excluding carboxylic acids is 1. The Bertz CT molecular complexity index is 229. The Morgan fingerprint density at radius 2 is 2.27 bits per heavy atom. The van der Waals surface area contributed by atoms with Gasteiger partial charge < -0.3 is 20.3 Å². The van der Waals surface area contributed by atoms with Crippen LogP contribution in [0.3, 0.4) is 0 Å². The molecular formula is C10H19N3O2. The van der Waals surface area contributed by atoms with E-state index >= 15 is 0 Å². The molecule has 2 rings (SSSR count). The Labute approximate surface area is 90.1 Å². The Balaban J connectivity index is 1.88. The third kappa shape index (κ3) is 2.68. The second-order valence-corrected chi connectivity index (χ2v) is 4.22. The lowest BCUT2D eigenvalue weighted by Gasteiger charge is -2.35. The van der Waals surface area contributed by atoms with Gasteiger partial charge in [-0.25, -0.2) is 0 Å². The van der Waals surface area contributed by atoms with Crippen molar-refractivity contribution in [2.45, 2.75) is 19.0 Å². The Morgan fingerprint density at radius 3 is 2.93 bits per heavy atom. The molecular weight excluding hydrogens is 194 g/mol. The zero-order valence-corrected chi connectivity index (χ0v) is 9.16. The van der Waals surface area contributed by atoms with Crippen LogP contribution in [-0.4, -0.2) is 62.3 Å². The van der Waals surface area contributed by atoms with Gasteiger partial charge in [-0.2, -0.15) is 0 Å². The lowest BCUT2D eigenvalue weighted by molar-refractivity contribution is -0.137. The van der Waals surface area contributed by atoms with Gasteiger partial charge in [-0.15, -0.1) is 0 Å². The molecule has 2 N–H and O–H groups in total. The number of morpholine rings is 1. The van der Waals surface area contributed by atoms with Gasteiger partial charge in [-0.3, -0.25) is 4.79 Å². The Hall–Kier alpha value is -0.650. The lowest BCUT2D eigenvalue weighted by atomic mass is 10.2. The summed E-state index contributed by atoms with van der Waals surface area (Å²) in [5.74, 6) is 0.183. The second-order valence-electron chi connectivity index (χ2n) is 4.22. The summed E-state index contributed by atoms with van der Waals surface area (Å²) in [6, 6.07) is 0.260. The number of nitrogens with one attached hydrogen (secondary N) is 2. The first kappa shape index (κ1) is 10.9. The molecule has 15 heavy (non-hydrogen) atoms. The quantitative estimate of drug-likeness (QED) is 0.574. The zero-order valence-electron chi connectivity index (χ0n) is 9.16. The van der Waals surface area contributed by atoms with Crippen molar-refractivity contribution < 1.29 is 9.53 Å². The van der Waals surface area contributed by atoms with Gasteiger partial charge in [0.2, 0.25) is 5.91 Å². The minimum Gasteiger partial charge on any atom is -0.378 e. The van der Waals surface area contributed by atoms with Crippen LogP contribution in [0.4, 0.5) is 0 Å². The summed E-state index contributed by atoms with van der Waals surface area (Å²) in [4.78, 5) is 14.0. The molecule has 0 aromatic carbocycles. The molecule has 0 radical (unpaired) electrons. The molecule has 2 fully saturated rings. The van der Waals surface area contributed by atoms with E-state index in [1.165, 1.54) is 0 Å². The van der Waals surface area contributed by atoms with Gasteiger partial charge in [-0.05, 0) is 6.92 Å². The smallest absolute Gasteiger partial charge is 0.242 e. The summed E-state index contributed by atoms with van der Waals surface area (Å²) in [6.45, 7) is 6.60. The highest BCUT2D eigenvalue weighted by Gasteiger charge is 2.28. The molecule has 0 aliphatic carbocycles. The van der Waals surface area contributed by atoms with Crippen LogP contribution < -0.4 is 10.6 Å². The number of amides is 1. The van der Waals surface area contributed by atoms with Crippen molar-refractivity contribution >= 4 is 5.91 Å². The van der Waals surface area contributed by atoms with Crippen LogP contribution >= 0.6 is 0 Å². The first-order chi connectivity index (χ1) is 7.27. The zero-order chi connectivity index (χ0) is 10.7.